The van der Waals surface area contributed by atoms with Crippen molar-refractivity contribution in [3.05, 3.63) is 35.7 Å². The molecule has 1 aromatic carbocycles. The molecule has 3 rings (SSSR count). The molecular weight excluding hydrogens is 316 g/mol. The van der Waals surface area contributed by atoms with E-state index in [1.807, 2.05) is 18.4 Å². The van der Waals surface area contributed by atoms with Gasteiger partial charge in [0.2, 0.25) is 5.16 Å². The maximum Gasteiger partial charge on any atom is 0.278 e. The van der Waals surface area contributed by atoms with Crippen LogP contribution in [-0.4, -0.2) is 44.1 Å². The second-order valence-electron chi connectivity index (χ2n) is 4.60. The molecule has 0 aliphatic heterocycles. The van der Waals surface area contributed by atoms with E-state index in [0.717, 1.165) is 0 Å². The highest BCUT2D eigenvalue weighted by atomic mass is 32.2. The van der Waals surface area contributed by atoms with Crippen molar-refractivity contribution in [1.29, 1.82) is 0 Å². The minimum atomic E-state index is -0.386. The van der Waals surface area contributed by atoms with Gasteiger partial charge in [-0.2, -0.15) is 9.50 Å². The number of hydrogen-bond acceptors (Lipinski definition) is 7. The lowest BCUT2D eigenvalue weighted by Crippen LogP contribution is -2.19. The van der Waals surface area contributed by atoms with Crippen LogP contribution in [0.15, 0.2) is 29.4 Å². The number of aryl methyl sites for hydroxylation is 1. The number of carbonyl (C=O) groups excluding carboxylic acids is 1. The number of thioether (sulfide) groups is 1. The summed E-state index contributed by atoms with van der Waals surface area (Å²) in [6, 6.07) is 7.14. The molecule has 0 saturated carbocycles. The third-order valence-corrected chi connectivity index (χ3v) is 3.76. The standard InChI is InChI=1S/C14H14N6O2S/c1-8-11(17-18-13-16-14(23-3)19-20(8)13)12(21)15-9-6-4-5-7-10(9)22-2/h4-7H,1-3H3,(H,15,21). The summed E-state index contributed by atoms with van der Waals surface area (Å²) in [4.78, 5) is 16.7. The number of rotatable bonds is 4. The molecule has 0 spiro atoms. The summed E-state index contributed by atoms with van der Waals surface area (Å²) < 4.78 is 6.73. The van der Waals surface area contributed by atoms with Crippen LogP contribution >= 0.6 is 11.8 Å². The minimum absolute atomic E-state index is 0.181. The second kappa shape index (κ2) is 6.21. The zero-order chi connectivity index (χ0) is 16.4. The summed E-state index contributed by atoms with van der Waals surface area (Å²) in [5.74, 6) is 0.543. The van der Waals surface area contributed by atoms with Gasteiger partial charge in [0.25, 0.3) is 11.7 Å². The summed E-state index contributed by atoms with van der Waals surface area (Å²) in [5, 5.41) is 15.5. The first-order chi connectivity index (χ1) is 11.1. The molecule has 0 radical (unpaired) electrons. The fraction of sp³-hybridized carbons (Fsp3) is 0.214. The summed E-state index contributed by atoms with van der Waals surface area (Å²) in [6.45, 7) is 1.75. The van der Waals surface area contributed by atoms with E-state index < -0.39 is 0 Å². The van der Waals surface area contributed by atoms with Crippen LogP contribution in [0.1, 0.15) is 16.2 Å². The van der Waals surface area contributed by atoms with Gasteiger partial charge in [-0.05, 0) is 25.3 Å². The number of nitrogens with one attached hydrogen (secondary N) is 1. The number of anilines is 1. The van der Waals surface area contributed by atoms with Gasteiger partial charge in [-0.3, -0.25) is 4.79 Å². The molecule has 23 heavy (non-hydrogen) atoms. The van der Waals surface area contributed by atoms with Crippen molar-refractivity contribution in [2.45, 2.75) is 12.1 Å². The smallest absolute Gasteiger partial charge is 0.278 e. The minimum Gasteiger partial charge on any atom is -0.495 e. The third kappa shape index (κ3) is 2.82. The Bertz CT molecular complexity index is 879. The van der Waals surface area contributed by atoms with Gasteiger partial charge < -0.3 is 10.1 Å². The van der Waals surface area contributed by atoms with Crippen molar-refractivity contribution in [1.82, 2.24) is 24.8 Å². The van der Waals surface area contributed by atoms with E-state index in [1.165, 1.54) is 16.3 Å². The SMILES string of the molecule is COc1ccccc1NC(=O)c1nnc2nc(SC)nn2c1C. The maximum atomic E-state index is 12.5. The molecule has 2 heterocycles. The lowest BCUT2D eigenvalue weighted by molar-refractivity contribution is 0.101. The van der Waals surface area contributed by atoms with Crippen LogP contribution in [0.25, 0.3) is 5.78 Å². The Labute approximate surface area is 136 Å². The van der Waals surface area contributed by atoms with Crippen molar-refractivity contribution in [2.24, 2.45) is 0 Å². The number of ether oxygens (including phenoxy) is 1. The van der Waals surface area contributed by atoms with Crippen molar-refractivity contribution in [2.75, 3.05) is 18.7 Å². The molecule has 1 amide bonds. The van der Waals surface area contributed by atoms with Crippen LogP contribution in [0.4, 0.5) is 5.69 Å². The van der Waals surface area contributed by atoms with E-state index in [2.05, 4.69) is 25.6 Å². The number of nitrogens with zero attached hydrogens (tertiary/aromatic N) is 5. The predicted octanol–water partition coefficient (Wildman–Crippen LogP) is 1.81. The molecule has 8 nitrogen and oxygen atoms in total. The summed E-state index contributed by atoms with van der Waals surface area (Å²) in [7, 11) is 1.54. The molecule has 0 atom stereocenters. The summed E-state index contributed by atoms with van der Waals surface area (Å²) in [5.41, 5.74) is 1.31. The van der Waals surface area contributed by atoms with Crippen LogP contribution in [0.3, 0.4) is 0 Å². The lowest BCUT2D eigenvalue weighted by atomic mass is 10.2. The Balaban J connectivity index is 1.96. The molecule has 118 valence electrons. The molecule has 3 aromatic rings. The predicted molar refractivity (Wildman–Crippen MR) is 86.0 cm³/mol. The Morgan fingerprint density at radius 1 is 1.30 bits per heavy atom. The van der Waals surface area contributed by atoms with E-state index in [0.29, 0.717) is 28.1 Å². The van der Waals surface area contributed by atoms with Gasteiger partial charge in [0.05, 0.1) is 18.5 Å². The zero-order valence-corrected chi connectivity index (χ0v) is 13.6. The highest BCUT2D eigenvalue weighted by molar-refractivity contribution is 7.98. The van der Waals surface area contributed by atoms with Crippen LogP contribution < -0.4 is 10.1 Å². The Morgan fingerprint density at radius 3 is 2.83 bits per heavy atom. The monoisotopic (exact) mass is 330 g/mol. The molecule has 0 bridgehead atoms. The van der Waals surface area contributed by atoms with Gasteiger partial charge in [-0.1, -0.05) is 23.9 Å². The van der Waals surface area contributed by atoms with E-state index >= 15 is 0 Å². The molecular formula is C14H14N6O2S. The number of benzene rings is 1. The van der Waals surface area contributed by atoms with E-state index in [1.54, 1.807) is 26.2 Å². The Kier molecular flexibility index (Phi) is 4.11. The molecule has 9 heteroatoms. The zero-order valence-electron chi connectivity index (χ0n) is 12.8. The number of para-hydroxylation sites is 2. The molecule has 0 aliphatic carbocycles. The van der Waals surface area contributed by atoms with Gasteiger partial charge in [-0.25, -0.2) is 0 Å². The lowest BCUT2D eigenvalue weighted by Gasteiger charge is -2.10. The van der Waals surface area contributed by atoms with Crippen LogP contribution in [0.5, 0.6) is 5.75 Å². The van der Waals surface area contributed by atoms with Crippen molar-refractivity contribution >= 4 is 29.1 Å². The largest absolute Gasteiger partial charge is 0.495 e. The fourth-order valence-electron chi connectivity index (χ4n) is 2.07. The first-order valence-corrected chi connectivity index (χ1v) is 7.95. The van der Waals surface area contributed by atoms with Crippen molar-refractivity contribution in [3.63, 3.8) is 0 Å². The van der Waals surface area contributed by atoms with E-state index in [-0.39, 0.29) is 11.6 Å². The summed E-state index contributed by atoms with van der Waals surface area (Å²) in [6.07, 6.45) is 1.87. The van der Waals surface area contributed by atoms with E-state index in [9.17, 15) is 4.79 Å². The number of amides is 1. The van der Waals surface area contributed by atoms with Gasteiger partial charge in [0.15, 0.2) is 5.69 Å². The molecule has 2 aromatic heterocycles. The molecule has 1 N–H and O–H groups in total. The highest BCUT2D eigenvalue weighted by Crippen LogP contribution is 2.23. The van der Waals surface area contributed by atoms with Gasteiger partial charge >= 0.3 is 0 Å². The molecule has 0 saturated heterocycles. The first kappa shape index (κ1) is 15.2. The number of carbonyl (C=O) groups is 1. The van der Waals surface area contributed by atoms with Gasteiger partial charge in [-0.15, -0.1) is 15.3 Å². The number of fused-ring (bicyclic) bond motifs is 1. The molecule has 0 fully saturated rings. The average molecular weight is 330 g/mol. The Morgan fingerprint density at radius 2 is 2.09 bits per heavy atom. The van der Waals surface area contributed by atoms with E-state index in [4.69, 9.17) is 4.74 Å². The molecule has 0 aliphatic rings. The van der Waals surface area contributed by atoms with Crippen LogP contribution in [-0.2, 0) is 0 Å². The van der Waals surface area contributed by atoms with Crippen LogP contribution in [0.2, 0.25) is 0 Å². The van der Waals surface area contributed by atoms with Crippen molar-refractivity contribution in [3.8, 4) is 5.75 Å². The fourth-order valence-corrected chi connectivity index (χ4v) is 2.40. The quantitative estimate of drug-likeness (QED) is 0.729. The van der Waals surface area contributed by atoms with Gasteiger partial charge in [0.1, 0.15) is 5.75 Å². The third-order valence-electron chi connectivity index (χ3n) is 3.22. The number of methoxy groups -OCH3 is 1. The first-order valence-electron chi connectivity index (χ1n) is 6.72. The topological polar surface area (TPSA) is 94.3 Å². The second-order valence-corrected chi connectivity index (χ2v) is 5.37. The number of aromatic nitrogens is 5. The molecule has 0 unspecified atom stereocenters. The van der Waals surface area contributed by atoms with Crippen LogP contribution in [0, 0.1) is 6.92 Å². The Hall–Kier alpha value is -2.68. The number of hydrogen-bond donors (Lipinski definition) is 1. The van der Waals surface area contributed by atoms with Gasteiger partial charge in [0, 0.05) is 0 Å². The highest BCUT2D eigenvalue weighted by Gasteiger charge is 2.18. The maximum absolute atomic E-state index is 12.5. The van der Waals surface area contributed by atoms with Crippen molar-refractivity contribution < 1.29 is 9.53 Å². The average Bonchev–Trinajstić information content (AvgIpc) is 3.00. The summed E-state index contributed by atoms with van der Waals surface area (Å²) >= 11 is 1.40. The normalized spacial score (nSPS) is 10.7.